The minimum atomic E-state index is -0.0712. The van der Waals surface area contributed by atoms with Crippen molar-refractivity contribution in [2.24, 2.45) is 11.8 Å². The van der Waals surface area contributed by atoms with E-state index in [-0.39, 0.29) is 11.2 Å². The third kappa shape index (κ3) is 3.46. The Bertz CT molecular complexity index is 626. The number of hydrogen-bond acceptors (Lipinski definition) is 4. The number of rotatable bonds is 3. The number of para-hydroxylation sites is 1. The summed E-state index contributed by atoms with van der Waals surface area (Å²) in [5.74, 6) is 1.46. The van der Waals surface area contributed by atoms with E-state index in [0.717, 1.165) is 22.9 Å². The molecular formula is C17H22N2OS2. The number of benzene rings is 1. The number of carbonyl (C=O) groups excluding carboxylic acids is 1. The van der Waals surface area contributed by atoms with Gasteiger partial charge in [-0.2, -0.15) is 0 Å². The molecular weight excluding hydrogens is 312 g/mol. The third-order valence-corrected chi connectivity index (χ3v) is 6.30. The number of piperidine rings is 1. The molecule has 0 saturated carbocycles. The smallest absolute Gasteiger partial charge is 0.235 e. The summed E-state index contributed by atoms with van der Waals surface area (Å²) in [5.41, 5.74) is 1.02. The molecule has 1 fully saturated rings. The van der Waals surface area contributed by atoms with Crippen molar-refractivity contribution in [1.29, 1.82) is 0 Å². The van der Waals surface area contributed by atoms with Crippen molar-refractivity contribution in [2.75, 3.05) is 13.1 Å². The topological polar surface area (TPSA) is 33.2 Å². The molecule has 5 heteroatoms. The summed E-state index contributed by atoms with van der Waals surface area (Å²) >= 11 is 3.26. The first-order chi connectivity index (χ1) is 10.5. The van der Waals surface area contributed by atoms with Gasteiger partial charge in [0.2, 0.25) is 5.91 Å². The number of likely N-dealkylation sites (tertiary alicyclic amines) is 1. The molecule has 0 bridgehead atoms. The van der Waals surface area contributed by atoms with E-state index in [9.17, 15) is 4.79 Å². The highest BCUT2D eigenvalue weighted by molar-refractivity contribution is 8.02. The molecule has 0 N–H and O–H groups in total. The molecule has 0 radical (unpaired) electrons. The number of aromatic nitrogens is 1. The van der Waals surface area contributed by atoms with Crippen LogP contribution in [0.25, 0.3) is 10.2 Å². The third-order valence-electron chi connectivity index (χ3n) is 4.08. The highest BCUT2D eigenvalue weighted by atomic mass is 32.2. The van der Waals surface area contributed by atoms with E-state index in [1.54, 1.807) is 23.1 Å². The molecule has 3 nitrogen and oxygen atoms in total. The molecule has 3 atom stereocenters. The van der Waals surface area contributed by atoms with Crippen LogP contribution in [0.4, 0.5) is 0 Å². The number of amides is 1. The minimum Gasteiger partial charge on any atom is -0.341 e. The zero-order chi connectivity index (χ0) is 15.7. The van der Waals surface area contributed by atoms with Crippen molar-refractivity contribution in [3.8, 4) is 0 Å². The van der Waals surface area contributed by atoms with Crippen LogP contribution in [0.5, 0.6) is 0 Å². The normalized spacial score (nSPS) is 23.7. The monoisotopic (exact) mass is 334 g/mol. The van der Waals surface area contributed by atoms with Crippen LogP contribution < -0.4 is 0 Å². The second-order valence-corrected chi connectivity index (χ2v) is 9.02. The summed E-state index contributed by atoms with van der Waals surface area (Å²) in [4.78, 5) is 19.4. The van der Waals surface area contributed by atoms with Crippen molar-refractivity contribution in [3.63, 3.8) is 0 Å². The highest BCUT2D eigenvalue weighted by Crippen LogP contribution is 2.33. The van der Waals surface area contributed by atoms with Crippen molar-refractivity contribution in [3.05, 3.63) is 24.3 Å². The van der Waals surface area contributed by atoms with Gasteiger partial charge in [-0.3, -0.25) is 4.79 Å². The molecule has 2 aromatic rings. The Morgan fingerprint density at radius 1 is 1.32 bits per heavy atom. The second kappa shape index (κ2) is 6.59. The van der Waals surface area contributed by atoms with Gasteiger partial charge in [-0.1, -0.05) is 37.7 Å². The van der Waals surface area contributed by atoms with Crippen LogP contribution in [0.1, 0.15) is 27.2 Å². The highest BCUT2D eigenvalue weighted by Gasteiger charge is 2.29. The first-order valence-corrected chi connectivity index (χ1v) is 9.53. The van der Waals surface area contributed by atoms with Gasteiger partial charge in [0.1, 0.15) is 0 Å². The lowest BCUT2D eigenvalue weighted by Crippen LogP contribution is -2.45. The number of thioether (sulfide) groups is 1. The fourth-order valence-electron chi connectivity index (χ4n) is 3.20. The van der Waals surface area contributed by atoms with Gasteiger partial charge in [0.25, 0.3) is 0 Å². The summed E-state index contributed by atoms with van der Waals surface area (Å²) < 4.78 is 2.17. The van der Waals surface area contributed by atoms with E-state index in [1.165, 1.54) is 11.1 Å². The van der Waals surface area contributed by atoms with Crippen molar-refractivity contribution in [1.82, 2.24) is 9.88 Å². The van der Waals surface area contributed by atoms with E-state index in [2.05, 4.69) is 24.9 Å². The fourth-order valence-corrected chi connectivity index (χ4v) is 5.50. The van der Waals surface area contributed by atoms with Crippen LogP contribution >= 0.6 is 23.1 Å². The summed E-state index contributed by atoms with van der Waals surface area (Å²) in [6, 6.07) is 8.13. The Balaban J connectivity index is 1.68. The summed E-state index contributed by atoms with van der Waals surface area (Å²) in [6.07, 6.45) is 1.23. The van der Waals surface area contributed by atoms with Crippen LogP contribution in [0, 0.1) is 11.8 Å². The largest absolute Gasteiger partial charge is 0.341 e. The molecule has 1 amide bonds. The van der Waals surface area contributed by atoms with Crippen molar-refractivity contribution in [2.45, 2.75) is 36.8 Å². The quantitative estimate of drug-likeness (QED) is 0.786. The first-order valence-electron chi connectivity index (χ1n) is 7.84. The first kappa shape index (κ1) is 15.8. The zero-order valence-corrected chi connectivity index (χ0v) is 14.9. The Morgan fingerprint density at radius 3 is 2.68 bits per heavy atom. The number of nitrogens with zero attached hydrogens (tertiary/aromatic N) is 2. The molecule has 2 heterocycles. The number of thiazole rings is 1. The Kier molecular flexibility index (Phi) is 4.73. The van der Waals surface area contributed by atoms with Crippen LogP contribution in [-0.4, -0.2) is 34.1 Å². The number of hydrogen-bond donors (Lipinski definition) is 0. The van der Waals surface area contributed by atoms with Gasteiger partial charge >= 0.3 is 0 Å². The molecule has 1 aliphatic rings. The molecule has 118 valence electrons. The second-order valence-electron chi connectivity index (χ2n) is 6.40. The molecule has 1 aromatic carbocycles. The fraction of sp³-hybridized carbons (Fsp3) is 0.529. The van der Waals surface area contributed by atoms with Gasteiger partial charge in [0, 0.05) is 13.1 Å². The molecule has 1 saturated heterocycles. The predicted molar refractivity (Wildman–Crippen MR) is 94.5 cm³/mol. The lowest BCUT2D eigenvalue weighted by Gasteiger charge is -2.36. The number of fused-ring (bicyclic) bond motifs is 1. The molecule has 0 unspecified atom stereocenters. The van der Waals surface area contributed by atoms with Crippen molar-refractivity contribution >= 4 is 39.2 Å². The average molecular weight is 335 g/mol. The summed E-state index contributed by atoms with van der Waals surface area (Å²) in [5, 5.41) is -0.0712. The van der Waals surface area contributed by atoms with E-state index >= 15 is 0 Å². The van der Waals surface area contributed by atoms with Gasteiger partial charge in [-0.05, 0) is 37.3 Å². The van der Waals surface area contributed by atoms with E-state index in [0.29, 0.717) is 11.8 Å². The molecule has 0 spiro atoms. The standard InChI is InChI=1S/C17H22N2OS2/c1-11-8-12(2)10-19(9-11)16(20)13(3)21-17-18-14-6-4-5-7-15(14)22-17/h4-7,11-13H,8-10H2,1-3H3/t11-,12+,13-/m0/s1. The Morgan fingerprint density at radius 2 is 2.00 bits per heavy atom. The summed E-state index contributed by atoms with van der Waals surface area (Å²) in [7, 11) is 0. The Hall–Kier alpha value is -1.07. The Labute approximate surface area is 140 Å². The lowest BCUT2D eigenvalue weighted by atomic mass is 9.92. The molecule has 22 heavy (non-hydrogen) atoms. The maximum absolute atomic E-state index is 12.7. The van der Waals surface area contributed by atoms with Crippen LogP contribution in [-0.2, 0) is 4.79 Å². The molecule has 0 aliphatic carbocycles. The molecule has 1 aliphatic heterocycles. The van der Waals surface area contributed by atoms with Crippen LogP contribution in [0.15, 0.2) is 28.6 Å². The van der Waals surface area contributed by atoms with Gasteiger partial charge in [-0.15, -0.1) is 11.3 Å². The van der Waals surface area contributed by atoms with Gasteiger partial charge < -0.3 is 4.90 Å². The molecule has 3 rings (SSSR count). The summed E-state index contributed by atoms with van der Waals surface area (Å²) in [6.45, 7) is 8.27. The SMILES string of the molecule is C[C@@H]1C[C@H](C)CN(C(=O)[C@H](C)Sc2nc3ccccc3s2)C1. The van der Waals surface area contributed by atoms with E-state index < -0.39 is 0 Å². The number of carbonyl (C=O) groups is 1. The van der Waals surface area contributed by atoms with Crippen LogP contribution in [0.3, 0.4) is 0 Å². The van der Waals surface area contributed by atoms with E-state index in [1.807, 2.05) is 30.0 Å². The van der Waals surface area contributed by atoms with Gasteiger partial charge in [0.05, 0.1) is 15.5 Å². The van der Waals surface area contributed by atoms with Gasteiger partial charge in [0.15, 0.2) is 4.34 Å². The van der Waals surface area contributed by atoms with Crippen LogP contribution in [0.2, 0.25) is 0 Å². The predicted octanol–water partition coefficient (Wildman–Crippen LogP) is 4.28. The molecule has 1 aromatic heterocycles. The zero-order valence-electron chi connectivity index (χ0n) is 13.3. The van der Waals surface area contributed by atoms with Crippen molar-refractivity contribution < 1.29 is 4.79 Å². The lowest BCUT2D eigenvalue weighted by molar-refractivity contribution is -0.132. The minimum absolute atomic E-state index is 0.0712. The average Bonchev–Trinajstić information content (AvgIpc) is 2.87. The van der Waals surface area contributed by atoms with E-state index in [4.69, 9.17) is 0 Å². The van der Waals surface area contributed by atoms with Gasteiger partial charge in [-0.25, -0.2) is 4.98 Å². The maximum atomic E-state index is 12.7. The maximum Gasteiger partial charge on any atom is 0.235 e.